The molecule has 1 rings (SSSR count). The largest absolute Gasteiger partial charge is 0.378 e. The van der Waals surface area contributed by atoms with Gasteiger partial charge in [-0.3, -0.25) is 4.90 Å². The minimum Gasteiger partial charge on any atom is -0.378 e. The zero-order valence-electron chi connectivity index (χ0n) is 12.4. The summed E-state index contributed by atoms with van der Waals surface area (Å²) in [5.41, 5.74) is 1.99. The minimum absolute atomic E-state index is 0.188. The molecule has 0 amide bonds. The molecule has 0 spiro atoms. The van der Waals surface area contributed by atoms with Crippen molar-refractivity contribution in [2.45, 2.75) is 60.6 Å². The van der Waals surface area contributed by atoms with Crippen LogP contribution >= 0.6 is 0 Å². The van der Waals surface area contributed by atoms with Gasteiger partial charge in [-0.05, 0) is 23.7 Å². The summed E-state index contributed by atoms with van der Waals surface area (Å²) < 4.78 is 0. The standard InChI is InChI=1S/C15H29NO/c1-14(2,3)11-13(17)16-9-7-12(8-10-16)15(4,5)6/h7,13,17H,8-11H2,1-6H3. The number of nitrogens with zero attached hydrogens (tertiary/aromatic N) is 1. The Hall–Kier alpha value is -0.340. The van der Waals surface area contributed by atoms with Crippen LogP contribution in [0.1, 0.15) is 54.4 Å². The molecule has 1 unspecified atom stereocenters. The van der Waals surface area contributed by atoms with Crippen molar-refractivity contribution in [2.75, 3.05) is 13.1 Å². The van der Waals surface area contributed by atoms with Gasteiger partial charge < -0.3 is 5.11 Å². The number of hydrogen-bond acceptors (Lipinski definition) is 2. The third-order valence-corrected chi connectivity index (χ3v) is 3.42. The van der Waals surface area contributed by atoms with Crippen LogP contribution in [-0.4, -0.2) is 29.3 Å². The van der Waals surface area contributed by atoms with Crippen molar-refractivity contribution in [3.8, 4) is 0 Å². The van der Waals surface area contributed by atoms with Crippen LogP contribution in [0.4, 0.5) is 0 Å². The lowest BCUT2D eigenvalue weighted by molar-refractivity contribution is -0.0196. The second kappa shape index (κ2) is 5.11. The Labute approximate surface area is 107 Å². The van der Waals surface area contributed by atoms with Gasteiger partial charge in [-0.2, -0.15) is 0 Å². The molecule has 0 saturated heterocycles. The van der Waals surface area contributed by atoms with Gasteiger partial charge in [-0.15, -0.1) is 0 Å². The van der Waals surface area contributed by atoms with Gasteiger partial charge in [0.15, 0.2) is 0 Å². The molecule has 0 aromatic heterocycles. The summed E-state index contributed by atoms with van der Waals surface area (Å²) >= 11 is 0. The first kappa shape index (κ1) is 14.7. The van der Waals surface area contributed by atoms with E-state index in [1.165, 1.54) is 5.57 Å². The zero-order chi connectivity index (χ0) is 13.3. The van der Waals surface area contributed by atoms with E-state index >= 15 is 0 Å². The van der Waals surface area contributed by atoms with E-state index in [0.717, 1.165) is 25.9 Å². The van der Waals surface area contributed by atoms with E-state index in [1.54, 1.807) is 0 Å². The van der Waals surface area contributed by atoms with Gasteiger partial charge in [-0.1, -0.05) is 53.2 Å². The Morgan fingerprint density at radius 3 is 2.18 bits per heavy atom. The maximum absolute atomic E-state index is 10.2. The van der Waals surface area contributed by atoms with Crippen LogP contribution < -0.4 is 0 Å². The molecule has 1 aliphatic heterocycles. The summed E-state index contributed by atoms with van der Waals surface area (Å²) in [5.74, 6) is 0. The van der Waals surface area contributed by atoms with Crippen LogP contribution in [0.3, 0.4) is 0 Å². The fourth-order valence-electron chi connectivity index (χ4n) is 2.31. The van der Waals surface area contributed by atoms with E-state index in [-0.39, 0.29) is 17.1 Å². The monoisotopic (exact) mass is 239 g/mol. The number of aliphatic hydroxyl groups excluding tert-OH is 1. The van der Waals surface area contributed by atoms with Gasteiger partial charge in [0.05, 0.1) is 0 Å². The normalized spacial score (nSPS) is 21.2. The molecule has 0 aromatic rings. The minimum atomic E-state index is -0.298. The molecule has 0 bridgehead atoms. The van der Waals surface area contributed by atoms with E-state index in [2.05, 4.69) is 52.5 Å². The molecule has 1 atom stereocenters. The van der Waals surface area contributed by atoms with Gasteiger partial charge in [0.1, 0.15) is 6.23 Å². The molecule has 1 aliphatic rings. The average molecular weight is 239 g/mol. The van der Waals surface area contributed by atoms with Crippen molar-refractivity contribution in [1.82, 2.24) is 4.90 Å². The highest BCUT2D eigenvalue weighted by molar-refractivity contribution is 5.14. The van der Waals surface area contributed by atoms with Crippen LogP contribution in [0.5, 0.6) is 0 Å². The fourth-order valence-corrected chi connectivity index (χ4v) is 2.31. The van der Waals surface area contributed by atoms with Crippen molar-refractivity contribution in [1.29, 1.82) is 0 Å². The predicted octanol–water partition coefficient (Wildman–Crippen LogP) is 3.42. The van der Waals surface area contributed by atoms with Crippen LogP contribution in [-0.2, 0) is 0 Å². The third-order valence-electron chi connectivity index (χ3n) is 3.42. The number of rotatable bonds is 2. The Morgan fingerprint density at radius 2 is 1.82 bits per heavy atom. The lowest BCUT2D eigenvalue weighted by Gasteiger charge is -2.36. The van der Waals surface area contributed by atoms with Gasteiger partial charge in [0.25, 0.3) is 0 Å². The molecule has 0 radical (unpaired) electrons. The first-order valence-electron chi connectivity index (χ1n) is 6.71. The maximum atomic E-state index is 10.2. The van der Waals surface area contributed by atoms with Crippen molar-refractivity contribution in [3.63, 3.8) is 0 Å². The van der Waals surface area contributed by atoms with Crippen molar-refractivity contribution in [3.05, 3.63) is 11.6 Å². The first-order chi connectivity index (χ1) is 7.59. The molecule has 0 aliphatic carbocycles. The Balaban J connectivity index is 2.55. The van der Waals surface area contributed by atoms with E-state index in [0.29, 0.717) is 0 Å². The smallest absolute Gasteiger partial charge is 0.108 e. The zero-order valence-corrected chi connectivity index (χ0v) is 12.4. The highest BCUT2D eigenvalue weighted by atomic mass is 16.3. The van der Waals surface area contributed by atoms with E-state index in [4.69, 9.17) is 0 Å². The van der Waals surface area contributed by atoms with Gasteiger partial charge in [0.2, 0.25) is 0 Å². The third kappa shape index (κ3) is 4.81. The summed E-state index contributed by atoms with van der Waals surface area (Å²) in [7, 11) is 0. The lowest BCUT2D eigenvalue weighted by atomic mass is 9.82. The van der Waals surface area contributed by atoms with Gasteiger partial charge >= 0.3 is 0 Å². The fraction of sp³-hybridized carbons (Fsp3) is 0.867. The van der Waals surface area contributed by atoms with E-state index in [1.807, 2.05) is 0 Å². The van der Waals surface area contributed by atoms with Crippen molar-refractivity contribution in [2.24, 2.45) is 10.8 Å². The molecule has 0 fully saturated rings. The molecule has 1 N–H and O–H groups in total. The summed E-state index contributed by atoms with van der Waals surface area (Å²) in [6, 6.07) is 0. The molecule has 0 saturated carbocycles. The molecule has 1 heterocycles. The molecule has 100 valence electrons. The topological polar surface area (TPSA) is 23.5 Å². The number of aliphatic hydroxyl groups is 1. The lowest BCUT2D eigenvalue weighted by Crippen LogP contribution is -2.41. The first-order valence-corrected chi connectivity index (χ1v) is 6.71. The summed E-state index contributed by atoms with van der Waals surface area (Å²) in [4.78, 5) is 2.18. The van der Waals surface area contributed by atoms with Crippen LogP contribution in [0.25, 0.3) is 0 Å². The van der Waals surface area contributed by atoms with Crippen LogP contribution in [0.15, 0.2) is 11.6 Å². The Kier molecular flexibility index (Phi) is 4.43. The number of hydrogen-bond donors (Lipinski definition) is 1. The predicted molar refractivity (Wildman–Crippen MR) is 73.8 cm³/mol. The molecule has 0 aromatic carbocycles. The Morgan fingerprint density at radius 1 is 1.24 bits per heavy atom. The van der Waals surface area contributed by atoms with Crippen molar-refractivity contribution < 1.29 is 5.11 Å². The van der Waals surface area contributed by atoms with Gasteiger partial charge in [0, 0.05) is 13.1 Å². The van der Waals surface area contributed by atoms with Gasteiger partial charge in [-0.25, -0.2) is 0 Å². The Bertz CT molecular complexity index is 280. The van der Waals surface area contributed by atoms with E-state index in [9.17, 15) is 5.11 Å². The second-order valence-electron chi connectivity index (χ2n) is 7.47. The summed E-state index contributed by atoms with van der Waals surface area (Å²) in [5, 5.41) is 10.2. The quantitative estimate of drug-likeness (QED) is 0.746. The highest BCUT2D eigenvalue weighted by Crippen LogP contribution is 2.31. The highest BCUT2D eigenvalue weighted by Gasteiger charge is 2.26. The van der Waals surface area contributed by atoms with Crippen LogP contribution in [0, 0.1) is 10.8 Å². The maximum Gasteiger partial charge on any atom is 0.108 e. The molecule has 2 heteroatoms. The van der Waals surface area contributed by atoms with E-state index < -0.39 is 0 Å². The van der Waals surface area contributed by atoms with Crippen LogP contribution in [0.2, 0.25) is 0 Å². The average Bonchev–Trinajstić information content (AvgIpc) is 2.14. The SMILES string of the molecule is CC(C)(C)CC(O)N1CC=C(C(C)(C)C)CC1. The molecular weight excluding hydrogens is 210 g/mol. The van der Waals surface area contributed by atoms with Crippen molar-refractivity contribution >= 4 is 0 Å². The second-order valence-corrected chi connectivity index (χ2v) is 7.47. The molecule has 2 nitrogen and oxygen atoms in total. The molecule has 17 heavy (non-hydrogen) atoms. The summed E-state index contributed by atoms with van der Waals surface area (Å²) in [6.45, 7) is 15.2. The summed E-state index contributed by atoms with van der Waals surface area (Å²) in [6.07, 6.45) is 3.93. The molecular formula is C15H29NO.